The van der Waals surface area contributed by atoms with E-state index in [-0.39, 0.29) is 12.5 Å². The zero-order chi connectivity index (χ0) is 17.6. The molecule has 1 aromatic rings. The van der Waals surface area contributed by atoms with Crippen molar-refractivity contribution < 1.29 is 19.5 Å². The first kappa shape index (κ1) is 19.0. The van der Waals surface area contributed by atoms with Crippen LogP contribution in [0.3, 0.4) is 0 Å². The number of carbonyl (C=O) groups is 3. The number of benzene rings is 1. The second kappa shape index (κ2) is 8.01. The van der Waals surface area contributed by atoms with Crippen molar-refractivity contribution in [2.75, 3.05) is 6.54 Å². The van der Waals surface area contributed by atoms with Crippen LogP contribution >= 0.6 is 11.8 Å². The smallest absolute Gasteiger partial charge is 0.309 e. The van der Waals surface area contributed by atoms with Gasteiger partial charge in [0.25, 0.3) is 5.91 Å². The van der Waals surface area contributed by atoms with Gasteiger partial charge < -0.3 is 16.2 Å². The third-order valence-electron chi connectivity index (χ3n) is 3.45. The van der Waals surface area contributed by atoms with Crippen molar-refractivity contribution in [3.05, 3.63) is 29.8 Å². The fraction of sp³-hybridized carbons (Fsp3) is 0.438. The Bertz CT molecular complexity index is 601. The first-order valence-electron chi connectivity index (χ1n) is 7.21. The van der Waals surface area contributed by atoms with E-state index in [0.29, 0.717) is 16.9 Å². The van der Waals surface area contributed by atoms with Crippen LogP contribution in [0.5, 0.6) is 0 Å². The molecule has 0 aromatic heterocycles. The van der Waals surface area contributed by atoms with Gasteiger partial charge in [0.15, 0.2) is 0 Å². The lowest BCUT2D eigenvalue weighted by Gasteiger charge is -2.19. The Morgan fingerprint density at radius 1 is 1.30 bits per heavy atom. The molecule has 0 aliphatic carbocycles. The van der Waals surface area contributed by atoms with E-state index in [1.807, 2.05) is 0 Å². The SMILES string of the molecule is CC(Sc1ccccc1C(=O)NCCC(C)(C)C(=O)O)C(N)=O. The van der Waals surface area contributed by atoms with E-state index in [1.54, 1.807) is 45.0 Å². The van der Waals surface area contributed by atoms with Crippen molar-refractivity contribution in [2.24, 2.45) is 11.1 Å². The van der Waals surface area contributed by atoms with Crippen LogP contribution in [0.15, 0.2) is 29.2 Å². The molecule has 0 bridgehead atoms. The summed E-state index contributed by atoms with van der Waals surface area (Å²) in [6.07, 6.45) is 0.321. The summed E-state index contributed by atoms with van der Waals surface area (Å²) in [5.74, 6) is -1.66. The first-order chi connectivity index (χ1) is 10.6. The zero-order valence-electron chi connectivity index (χ0n) is 13.5. The second-order valence-electron chi connectivity index (χ2n) is 5.85. The number of primary amides is 1. The van der Waals surface area contributed by atoms with Crippen LogP contribution in [0.4, 0.5) is 0 Å². The number of carboxylic acids is 1. The van der Waals surface area contributed by atoms with E-state index in [9.17, 15) is 14.4 Å². The van der Waals surface area contributed by atoms with Crippen molar-refractivity contribution in [1.82, 2.24) is 5.32 Å². The molecule has 0 radical (unpaired) electrons. The molecule has 23 heavy (non-hydrogen) atoms. The highest BCUT2D eigenvalue weighted by molar-refractivity contribution is 8.00. The summed E-state index contributed by atoms with van der Waals surface area (Å²) in [7, 11) is 0. The van der Waals surface area contributed by atoms with E-state index >= 15 is 0 Å². The van der Waals surface area contributed by atoms with Crippen LogP contribution in [0, 0.1) is 5.41 Å². The topological polar surface area (TPSA) is 109 Å². The maximum atomic E-state index is 12.3. The average molecular weight is 338 g/mol. The maximum absolute atomic E-state index is 12.3. The molecule has 1 aromatic carbocycles. The molecule has 0 aliphatic heterocycles. The number of nitrogens with two attached hydrogens (primary N) is 1. The normalized spacial score (nSPS) is 12.5. The molecule has 2 amide bonds. The van der Waals surface area contributed by atoms with Gasteiger partial charge in [-0.3, -0.25) is 14.4 Å². The molecule has 0 aliphatic rings. The van der Waals surface area contributed by atoms with Crippen LogP contribution in [0.1, 0.15) is 37.6 Å². The van der Waals surface area contributed by atoms with Gasteiger partial charge in [0.2, 0.25) is 5.91 Å². The van der Waals surface area contributed by atoms with Crippen LogP contribution in [0.25, 0.3) is 0 Å². The first-order valence-corrected chi connectivity index (χ1v) is 8.09. The zero-order valence-corrected chi connectivity index (χ0v) is 14.3. The predicted molar refractivity (Wildman–Crippen MR) is 89.3 cm³/mol. The second-order valence-corrected chi connectivity index (χ2v) is 7.24. The minimum atomic E-state index is -0.905. The van der Waals surface area contributed by atoms with Crippen molar-refractivity contribution in [3.63, 3.8) is 0 Å². The minimum absolute atomic E-state index is 0.252. The monoisotopic (exact) mass is 338 g/mol. The number of rotatable bonds is 8. The Kier molecular flexibility index (Phi) is 6.62. The molecule has 0 heterocycles. The Hall–Kier alpha value is -2.02. The van der Waals surface area contributed by atoms with E-state index in [0.717, 1.165) is 0 Å². The quantitative estimate of drug-likeness (QED) is 0.627. The number of hydrogen-bond acceptors (Lipinski definition) is 4. The highest BCUT2D eigenvalue weighted by Crippen LogP contribution is 2.27. The van der Waals surface area contributed by atoms with Gasteiger partial charge in [0.05, 0.1) is 16.2 Å². The lowest BCUT2D eigenvalue weighted by Crippen LogP contribution is -2.32. The van der Waals surface area contributed by atoms with Gasteiger partial charge in [0, 0.05) is 11.4 Å². The van der Waals surface area contributed by atoms with Crippen molar-refractivity contribution in [3.8, 4) is 0 Å². The fourth-order valence-corrected chi connectivity index (χ4v) is 2.64. The van der Waals surface area contributed by atoms with Crippen LogP contribution in [-0.2, 0) is 9.59 Å². The summed E-state index contributed by atoms with van der Waals surface area (Å²) in [5.41, 5.74) is 4.79. The van der Waals surface area contributed by atoms with E-state index in [2.05, 4.69) is 5.32 Å². The van der Waals surface area contributed by atoms with Crippen molar-refractivity contribution >= 4 is 29.5 Å². The molecule has 0 spiro atoms. The standard InChI is InChI=1S/C16H22N2O4S/c1-10(13(17)19)23-12-7-5-4-6-11(12)14(20)18-9-8-16(2,3)15(21)22/h4-7,10H,8-9H2,1-3H3,(H2,17,19)(H,18,20)(H,21,22). The molecule has 126 valence electrons. The van der Waals surface area contributed by atoms with Gasteiger partial charge in [-0.15, -0.1) is 11.8 Å². The Balaban J connectivity index is 2.73. The molecular formula is C16H22N2O4S. The third-order valence-corrected chi connectivity index (χ3v) is 4.65. The van der Waals surface area contributed by atoms with E-state index < -0.39 is 22.5 Å². The van der Waals surface area contributed by atoms with Crippen molar-refractivity contribution in [2.45, 2.75) is 37.3 Å². The van der Waals surface area contributed by atoms with Gasteiger partial charge >= 0.3 is 5.97 Å². The Labute approximate surface area is 139 Å². The van der Waals surface area contributed by atoms with Crippen LogP contribution < -0.4 is 11.1 Å². The molecule has 4 N–H and O–H groups in total. The number of carboxylic acid groups (broad SMARTS) is 1. The largest absolute Gasteiger partial charge is 0.481 e. The summed E-state index contributed by atoms with van der Waals surface area (Å²) in [4.78, 5) is 35.2. The third kappa shape index (κ3) is 5.59. The highest BCUT2D eigenvalue weighted by Gasteiger charge is 2.26. The molecule has 0 saturated heterocycles. The van der Waals surface area contributed by atoms with Gasteiger partial charge in [-0.2, -0.15) is 0 Å². The number of hydrogen-bond donors (Lipinski definition) is 3. The van der Waals surface area contributed by atoms with Gasteiger partial charge in [-0.25, -0.2) is 0 Å². The highest BCUT2D eigenvalue weighted by atomic mass is 32.2. The molecule has 7 heteroatoms. The lowest BCUT2D eigenvalue weighted by atomic mass is 9.90. The number of aliphatic carboxylic acids is 1. The minimum Gasteiger partial charge on any atom is -0.481 e. The van der Waals surface area contributed by atoms with E-state index in [1.165, 1.54) is 11.8 Å². The van der Waals surface area contributed by atoms with Gasteiger partial charge in [0.1, 0.15) is 0 Å². The number of nitrogens with one attached hydrogen (secondary N) is 1. The van der Waals surface area contributed by atoms with Crippen LogP contribution in [-0.4, -0.2) is 34.7 Å². The molecule has 1 unspecified atom stereocenters. The predicted octanol–water partition coefficient (Wildman–Crippen LogP) is 1.88. The number of carbonyl (C=O) groups excluding carboxylic acids is 2. The van der Waals surface area contributed by atoms with Gasteiger partial charge in [-0.05, 0) is 39.3 Å². The van der Waals surface area contributed by atoms with Crippen LogP contribution in [0.2, 0.25) is 0 Å². The number of amides is 2. The lowest BCUT2D eigenvalue weighted by molar-refractivity contribution is -0.147. The fourth-order valence-electron chi connectivity index (χ4n) is 1.70. The van der Waals surface area contributed by atoms with Gasteiger partial charge in [-0.1, -0.05) is 12.1 Å². The molecule has 1 rings (SSSR count). The molecular weight excluding hydrogens is 316 g/mol. The van der Waals surface area contributed by atoms with E-state index in [4.69, 9.17) is 10.8 Å². The van der Waals surface area contributed by atoms with Crippen molar-refractivity contribution in [1.29, 1.82) is 0 Å². The summed E-state index contributed by atoms with van der Waals surface area (Å²) >= 11 is 1.22. The molecule has 0 saturated carbocycles. The summed E-state index contributed by atoms with van der Waals surface area (Å²) in [6.45, 7) is 5.15. The molecule has 0 fully saturated rings. The average Bonchev–Trinajstić information content (AvgIpc) is 2.47. The Morgan fingerprint density at radius 3 is 2.48 bits per heavy atom. The summed E-state index contributed by atoms with van der Waals surface area (Å²) in [5, 5.41) is 11.3. The molecule has 1 atom stereocenters. The summed E-state index contributed by atoms with van der Waals surface area (Å²) < 4.78 is 0. The number of thioether (sulfide) groups is 1. The Morgan fingerprint density at radius 2 is 1.91 bits per heavy atom. The maximum Gasteiger partial charge on any atom is 0.309 e. The molecule has 6 nitrogen and oxygen atoms in total. The summed E-state index contributed by atoms with van der Waals surface area (Å²) in [6, 6.07) is 6.92.